The largest absolute Gasteiger partial charge is 1.00 e. The first-order valence-electron chi connectivity index (χ1n) is 7.74. The number of nitrogens with one attached hydrogen (secondary N) is 1. The first-order valence-corrected chi connectivity index (χ1v) is 9.55. The van der Waals surface area contributed by atoms with Crippen LogP contribution in [0.4, 0.5) is 11.4 Å². The van der Waals surface area contributed by atoms with E-state index in [0.29, 0.717) is 31.2 Å². The lowest BCUT2D eigenvalue weighted by Crippen LogP contribution is -3.10. The normalized spacial score (nSPS) is 16.0. The van der Waals surface area contributed by atoms with E-state index >= 15 is 0 Å². The molecule has 0 bridgehead atoms. The van der Waals surface area contributed by atoms with Gasteiger partial charge in [-0.05, 0) is 18.2 Å². The molecule has 7 nitrogen and oxygen atoms in total. The van der Waals surface area contributed by atoms with Crippen molar-refractivity contribution in [2.45, 2.75) is 4.90 Å². The molecule has 3 rings (SSSR count). The van der Waals surface area contributed by atoms with Crippen LogP contribution in [0.2, 0.25) is 5.02 Å². The standard InChI is InChI=1S/C16H16ClN3O4S.ClH/c17-15-3-1-2-4-16(15)18-9-11-19(12-10-18)25(23,24)14-7-5-13(6-8-14)20(21)22;/h1-8H,9-12H2;1H. The summed E-state index contributed by atoms with van der Waals surface area (Å²) in [5, 5.41) is 11.4. The van der Waals surface area contributed by atoms with Crippen molar-refractivity contribution < 1.29 is 30.6 Å². The summed E-state index contributed by atoms with van der Waals surface area (Å²) in [7, 11) is -3.66. The van der Waals surface area contributed by atoms with E-state index in [-0.39, 0.29) is 23.0 Å². The fourth-order valence-electron chi connectivity index (χ4n) is 2.90. The van der Waals surface area contributed by atoms with Gasteiger partial charge in [0.25, 0.3) is 5.69 Å². The zero-order chi connectivity index (χ0) is 18.0. The molecule has 1 aliphatic heterocycles. The van der Waals surface area contributed by atoms with Crippen LogP contribution < -0.4 is 17.3 Å². The molecular formula is C16H17Cl2N3O4S. The summed E-state index contributed by atoms with van der Waals surface area (Å²) < 4.78 is 26.8. The fraction of sp³-hybridized carbons (Fsp3) is 0.250. The Morgan fingerprint density at radius 2 is 1.62 bits per heavy atom. The number of halogens is 2. The van der Waals surface area contributed by atoms with Crippen molar-refractivity contribution in [3.8, 4) is 0 Å². The highest BCUT2D eigenvalue weighted by Crippen LogP contribution is 2.21. The van der Waals surface area contributed by atoms with Gasteiger partial charge in [-0.25, -0.2) is 8.42 Å². The van der Waals surface area contributed by atoms with Gasteiger partial charge in [-0.15, -0.1) is 0 Å². The van der Waals surface area contributed by atoms with Crippen LogP contribution in [0.25, 0.3) is 0 Å². The van der Waals surface area contributed by atoms with Crippen LogP contribution in [-0.4, -0.2) is 43.8 Å². The third-order valence-corrected chi connectivity index (χ3v) is 6.51. The highest BCUT2D eigenvalue weighted by molar-refractivity contribution is 7.89. The summed E-state index contributed by atoms with van der Waals surface area (Å²) >= 11 is 6.21. The molecule has 1 heterocycles. The van der Waals surface area contributed by atoms with Crippen LogP contribution in [0.3, 0.4) is 0 Å². The summed E-state index contributed by atoms with van der Waals surface area (Å²) in [6.07, 6.45) is 0. The summed E-state index contributed by atoms with van der Waals surface area (Å²) in [6, 6.07) is 12.5. The monoisotopic (exact) mass is 417 g/mol. The van der Waals surface area contributed by atoms with Gasteiger partial charge in [0.15, 0.2) is 0 Å². The number of non-ortho nitro benzene ring substituents is 1. The van der Waals surface area contributed by atoms with Gasteiger partial charge in [-0.1, -0.05) is 23.7 Å². The number of hydrogen-bond acceptors (Lipinski definition) is 4. The Morgan fingerprint density at radius 3 is 2.15 bits per heavy atom. The lowest BCUT2D eigenvalue weighted by molar-refractivity contribution is -0.837. The van der Waals surface area contributed by atoms with Crippen LogP contribution >= 0.6 is 11.6 Å². The predicted octanol–water partition coefficient (Wildman–Crippen LogP) is -1.53. The molecule has 140 valence electrons. The molecule has 1 saturated heterocycles. The molecule has 2 aromatic rings. The lowest BCUT2D eigenvalue weighted by atomic mass is 10.2. The minimum Gasteiger partial charge on any atom is -1.00 e. The minimum absolute atomic E-state index is 0. The van der Waals surface area contributed by atoms with Gasteiger partial charge >= 0.3 is 0 Å². The third kappa shape index (κ3) is 4.16. The number of para-hydroxylation sites is 1. The quantitative estimate of drug-likeness (QED) is 0.483. The molecule has 0 atom stereocenters. The molecule has 0 unspecified atom stereocenters. The average Bonchev–Trinajstić information content (AvgIpc) is 2.62. The highest BCUT2D eigenvalue weighted by Gasteiger charge is 2.31. The maximum Gasteiger partial charge on any atom is 0.269 e. The molecule has 10 heteroatoms. The molecule has 0 amide bonds. The van der Waals surface area contributed by atoms with E-state index in [1.54, 1.807) is 0 Å². The van der Waals surface area contributed by atoms with Crippen molar-refractivity contribution in [1.29, 1.82) is 0 Å². The fourth-order valence-corrected chi connectivity index (χ4v) is 4.61. The van der Waals surface area contributed by atoms with Crippen LogP contribution in [0.1, 0.15) is 0 Å². The van der Waals surface area contributed by atoms with Crippen molar-refractivity contribution in [2.75, 3.05) is 26.2 Å². The Labute approximate surface area is 162 Å². The van der Waals surface area contributed by atoms with E-state index in [1.807, 2.05) is 24.3 Å². The minimum atomic E-state index is -3.66. The molecule has 1 N–H and O–H groups in total. The number of nitro benzene ring substituents is 1. The molecular weight excluding hydrogens is 401 g/mol. The van der Waals surface area contributed by atoms with E-state index in [9.17, 15) is 18.5 Å². The number of quaternary nitrogens is 1. The molecule has 0 aromatic heterocycles. The van der Waals surface area contributed by atoms with E-state index in [2.05, 4.69) is 0 Å². The zero-order valence-electron chi connectivity index (χ0n) is 13.6. The van der Waals surface area contributed by atoms with Crippen molar-refractivity contribution in [1.82, 2.24) is 4.31 Å². The first kappa shape index (κ1) is 20.6. The predicted molar refractivity (Wildman–Crippen MR) is 93.7 cm³/mol. The summed E-state index contributed by atoms with van der Waals surface area (Å²) in [4.78, 5) is 11.3. The Kier molecular flexibility index (Phi) is 6.59. The molecule has 2 aromatic carbocycles. The molecule has 0 spiro atoms. The summed E-state index contributed by atoms with van der Waals surface area (Å²) in [6.45, 7) is 1.94. The lowest BCUT2D eigenvalue weighted by Gasteiger charge is -2.31. The summed E-state index contributed by atoms with van der Waals surface area (Å²) in [5.41, 5.74) is 0.837. The molecule has 0 saturated carbocycles. The molecule has 1 fully saturated rings. The second-order valence-electron chi connectivity index (χ2n) is 5.74. The Bertz CT molecular complexity index is 883. The van der Waals surface area contributed by atoms with Gasteiger partial charge < -0.3 is 12.4 Å². The van der Waals surface area contributed by atoms with Gasteiger partial charge in [0.2, 0.25) is 10.0 Å². The molecule has 26 heavy (non-hydrogen) atoms. The Balaban J connectivity index is 0.00000243. The van der Waals surface area contributed by atoms with Crippen molar-refractivity contribution >= 4 is 33.0 Å². The zero-order valence-corrected chi connectivity index (χ0v) is 16.0. The van der Waals surface area contributed by atoms with Crippen LogP contribution in [0, 0.1) is 10.1 Å². The van der Waals surface area contributed by atoms with Crippen LogP contribution in [-0.2, 0) is 10.0 Å². The van der Waals surface area contributed by atoms with E-state index in [1.165, 1.54) is 28.6 Å². The second-order valence-corrected chi connectivity index (χ2v) is 8.08. The van der Waals surface area contributed by atoms with Crippen LogP contribution in [0.5, 0.6) is 0 Å². The number of benzene rings is 2. The maximum absolute atomic E-state index is 12.7. The van der Waals surface area contributed by atoms with Crippen molar-refractivity contribution in [2.24, 2.45) is 0 Å². The number of nitro groups is 1. The first-order chi connectivity index (χ1) is 11.9. The number of piperazine rings is 1. The van der Waals surface area contributed by atoms with Gasteiger partial charge in [-0.3, -0.25) is 15.0 Å². The van der Waals surface area contributed by atoms with E-state index < -0.39 is 14.9 Å². The Hall–Kier alpha value is -1.71. The van der Waals surface area contributed by atoms with E-state index in [4.69, 9.17) is 11.6 Å². The molecule has 1 aliphatic rings. The number of hydrogen-bond donors (Lipinski definition) is 1. The highest BCUT2D eigenvalue weighted by atomic mass is 35.5. The third-order valence-electron chi connectivity index (χ3n) is 4.27. The van der Waals surface area contributed by atoms with Crippen molar-refractivity contribution in [3.05, 3.63) is 63.7 Å². The second kappa shape index (κ2) is 8.32. The van der Waals surface area contributed by atoms with Gasteiger partial charge in [0.05, 0.1) is 36.0 Å². The number of nitrogens with zero attached hydrogens (tertiary/aromatic N) is 2. The van der Waals surface area contributed by atoms with Gasteiger partial charge in [0, 0.05) is 18.2 Å². The number of sulfonamides is 1. The maximum atomic E-state index is 12.7. The van der Waals surface area contributed by atoms with Gasteiger partial charge in [-0.2, -0.15) is 4.31 Å². The average molecular weight is 418 g/mol. The number of rotatable bonds is 4. The SMILES string of the molecule is O=[N+]([O-])c1ccc(S(=O)(=O)N2CC[NH+](c3ccccc3Cl)CC2)cc1.[Cl-]. The molecule has 0 radical (unpaired) electrons. The summed E-state index contributed by atoms with van der Waals surface area (Å²) in [5.74, 6) is 0. The topological polar surface area (TPSA) is 85.0 Å². The van der Waals surface area contributed by atoms with E-state index in [0.717, 1.165) is 10.6 Å². The van der Waals surface area contributed by atoms with Crippen molar-refractivity contribution in [3.63, 3.8) is 0 Å². The Morgan fingerprint density at radius 1 is 1.04 bits per heavy atom. The van der Waals surface area contributed by atoms with Gasteiger partial charge in [0.1, 0.15) is 10.7 Å². The van der Waals surface area contributed by atoms with Crippen LogP contribution in [0.15, 0.2) is 53.4 Å². The molecule has 0 aliphatic carbocycles. The smallest absolute Gasteiger partial charge is 0.269 e.